The van der Waals surface area contributed by atoms with Crippen LogP contribution in [0, 0.1) is 5.82 Å². The first kappa shape index (κ1) is 18.1. The lowest BCUT2D eigenvalue weighted by Crippen LogP contribution is -2.15. The molecule has 0 spiro atoms. The van der Waals surface area contributed by atoms with Gasteiger partial charge >= 0.3 is 0 Å². The number of nitrogens with one attached hydrogen (secondary N) is 1. The third kappa shape index (κ3) is 5.16. The van der Waals surface area contributed by atoms with Crippen molar-refractivity contribution in [2.24, 2.45) is 0 Å². The maximum absolute atomic E-state index is 13.6. The van der Waals surface area contributed by atoms with Gasteiger partial charge in [-0.25, -0.2) is 4.39 Å². The number of ether oxygens (including phenoxy) is 2. The number of benzene rings is 2. The SMILES string of the molecule is CCOc1ccccc1NC(=O)CSCc1ccc(OC)c(F)c1. The molecule has 0 heterocycles. The second kappa shape index (κ2) is 9.17. The van der Waals surface area contributed by atoms with E-state index in [-0.39, 0.29) is 17.4 Å². The fraction of sp³-hybridized carbons (Fsp3) is 0.278. The van der Waals surface area contributed by atoms with Crippen molar-refractivity contribution in [1.29, 1.82) is 0 Å². The smallest absolute Gasteiger partial charge is 0.234 e. The molecule has 0 bridgehead atoms. The van der Waals surface area contributed by atoms with Crippen LogP contribution in [0.15, 0.2) is 42.5 Å². The second-order valence-corrected chi connectivity index (χ2v) is 5.92. The molecule has 2 aromatic carbocycles. The third-order valence-corrected chi connectivity index (χ3v) is 4.18. The summed E-state index contributed by atoms with van der Waals surface area (Å²) in [6.07, 6.45) is 0. The Morgan fingerprint density at radius 1 is 1.21 bits per heavy atom. The van der Waals surface area contributed by atoms with Crippen LogP contribution in [0.1, 0.15) is 12.5 Å². The van der Waals surface area contributed by atoms with E-state index in [2.05, 4.69) is 5.32 Å². The summed E-state index contributed by atoms with van der Waals surface area (Å²) in [5, 5.41) is 2.83. The van der Waals surface area contributed by atoms with Gasteiger partial charge in [0, 0.05) is 5.75 Å². The fourth-order valence-corrected chi connectivity index (χ4v) is 2.87. The molecule has 0 radical (unpaired) electrons. The number of thioether (sulfide) groups is 1. The van der Waals surface area contributed by atoms with Gasteiger partial charge in [-0.3, -0.25) is 4.79 Å². The molecule has 0 aliphatic rings. The van der Waals surface area contributed by atoms with Crippen molar-refractivity contribution in [1.82, 2.24) is 0 Å². The molecule has 0 aliphatic carbocycles. The second-order valence-electron chi connectivity index (χ2n) is 4.94. The van der Waals surface area contributed by atoms with E-state index >= 15 is 0 Å². The molecule has 0 atom stereocenters. The van der Waals surface area contributed by atoms with E-state index in [0.717, 1.165) is 5.56 Å². The van der Waals surface area contributed by atoms with Crippen molar-refractivity contribution in [3.8, 4) is 11.5 Å². The van der Waals surface area contributed by atoms with Gasteiger partial charge in [0.25, 0.3) is 0 Å². The molecule has 24 heavy (non-hydrogen) atoms. The zero-order valence-corrected chi connectivity index (χ0v) is 14.5. The quantitative estimate of drug-likeness (QED) is 0.779. The molecule has 0 unspecified atom stereocenters. The van der Waals surface area contributed by atoms with Crippen LogP contribution < -0.4 is 14.8 Å². The van der Waals surface area contributed by atoms with E-state index < -0.39 is 5.82 Å². The summed E-state index contributed by atoms with van der Waals surface area (Å²) in [4.78, 5) is 12.0. The first-order chi connectivity index (χ1) is 11.6. The molecule has 1 N–H and O–H groups in total. The molecule has 2 aromatic rings. The van der Waals surface area contributed by atoms with E-state index in [4.69, 9.17) is 9.47 Å². The zero-order valence-electron chi connectivity index (χ0n) is 13.7. The Hall–Kier alpha value is -2.21. The van der Waals surface area contributed by atoms with Crippen LogP contribution in [0.4, 0.5) is 10.1 Å². The van der Waals surface area contributed by atoms with Crippen LogP contribution in [0.2, 0.25) is 0 Å². The number of amides is 1. The molecule has 0 saturated carbocycles. The van der Waals surface area contributed by atoms with Crippen molar-refractivity contribution in [3.05, 3.63) is 53.8 Å². The van der Waals surface area contributed by atoms with E-state index in [1.54, 1.807) is 18.2 Å². The van der Waals surface area contributed by atoms with E-state index in [1.165, 1.54) is 24.9 Å². The van der Waals surface area contributed by atoms with Crippen LogP contribution in [-0.2, 0) is 10.5 Å². The summed E-state index contributed by atoms with van der Waals surface area (Å²) < 4.78 is 24.0. The molecule has 4 nitrogen and oxygen atoms in total. The highest BCUT2D eigenvalue weighted by Crippen LogP contribution is 2.24. The Bertz CT molecular complexity index is 694. The first-order valence-electron chi connectivity index (χ1n) is 7.56. The van der Waals surface area contributed by atoms with Crippen molar-refractivity contribution in [3.63, 3.8) is 0 Å². The number of para-hydroxylation sites is 2. The van der Waals surface area contributed by atoms with Crippen molar-refractivity contribution in [2.75, 3.05) is 24.8 Å². The van der Waals surface area contributed by atoms with Gasteiger partial charge in [0.1, 0.15) is 5.75 Å². The number of carbonyl (C=O) groups excluding carboxylic acids is 1. The third-order valence-electron chi connectivity index (χ3n) is 3.18. The van der Waals surface area contributed by atoms with Crippen LogP contribution >= 0.6 is 11.8 Å². The fourth-order valence-electron chi connectivity index (χ4n) is 2.10. The highest BCUT2D eigenvalue weighted by Gasteiger charge is 2.08. The Morgan fingerprint density at radius 3 is 2.71 bits per heavy atom. The van der Waals surface area contributed by atoms with Gasteiger partial charge in [-0.1, -0.05) is 18.2 Å². The van der Waals surface area contributed by atoms with E-state index in [0.29, 0.717) is 23.8 Å². The van der Waals surface area contributed by atoms with Gasteiger partial charge in [-0.05, 0) is 36.8 Å². The zero-order chi connectivity index (χ0) is 17.4. The minimum absolute atomic E-state index is 0.124. The highest BCUT2D eigenvalue weighted by atomic mass is 32.2. The van der Waals surface area contributed by atoms with Crippen molar-refractivity contribution >= 4 is 23.4 Å². The van der Waals surface area contributed by atoms with Gasteiger partial charge in [0.2, 0.25) is 5.91 Å². The summed E-state index contributed by atoms with van der Waals surface area (Å²) in [5.41, 5.74) is 1.46. The van der Waals surface area contributed by atoms with Gasteiger partial charge in [0.05, 0.1) is 25.2 Å². The largest absolute Gasteiger partial charge is 0.494 e. The van der Waals surface area contributed by atoms with Crippen LogP contribution in [0.3, 0.4) is 0 Å². The lowest BCUT2D eigenvalue weighted by molar-refractivity contribution is -0.113. The molecular weight excluding hydrogens is 329 g/mol. The number of anilines is 1. The Kier molecular flexibility index (Phi) is 6.93. The van der Waals surface area contributed by atoms with Crippen LogP contribution in [0.5, 0.6) is 11.5 Å². The predicted molar refractivity (Wildman–Crippen MR) is 95.4 cm³/mol. The standard InChI is InChI=1S/C18H20FNO3S/c1-3-23-17-7-5-4-6-15(17)20-18(21)12-24-11-13-8-9-16(22-2)14(19)10-13/h4-10H,3,11-12H2,1-2H3,(H,20,21). The molecule has 128 valence electrons. The lowest BCUT2D eigenvalue weighted by atomic mass is 10.2. The molecule has 0 aromatic heterocycles. The number of hydrogen-bond donors (Lipinski definition) is 1. The molecule has 0 saturated heterocycles. The van der Waals surface area contributed by atoms with Crippen LogP contribution in [0.25, 0.3) is 0 Å². The van der Waals surface area contributed by atoms with Crippen LogP contribution in [-0.4, -0.2) is 25.4 Å². The maximum atomic E-state index is 13.6. The monoisotopic (exact) mass is 349 g/mol. The molecule has 2 rings (SSSR count). The van der Waals surface area contributed by atoms with Crippen molar-refractivity contribution < 1.29 is 18.7 Å². The summed E-state index contributed by atoms with van der Waals surface area (Å²) >= 11 is 1.41. The Labute approximate surface area is 145 Å². The normalized spacial score (nSPS) is 10.3. The number of carbonyl (C=O) groups is 1. The van der Waals surface area contributed by atoms with Gasteiger partial charge < -0.3 is 14.8 Å². The average molecular weight is 349 g/mol. The van der Waals surface area contributed by atoms with Gasteiger partial charge in [-0.2, -0.15) is 0 Å². The van der Waals surface area contributed by atoms with Gasteiger partial charge in [0.15, 0.2) is 11.6 Å². The summed E-state index contributed by atoms with van der Waals surface area (Å²) in [6.45, 7) is 2.42. The topological polar surface area (TPSA) is 47.6 Å². The molecular formula is C18H20FNO3S. The molecule has 0 aliphatic heterocycles. The van der Waals surface area contributed by atoms with Crippen molar-refractivity contribution in [2.45, 2.75) is 12.7 Å². The van der Waals surface area contributed by atoms with Gasteiger partial charge in [-0.15, -0.1) is 11.8 Å². The lowest BCUT2D eigenvalue weighted by Gasteiger charge is -2.11. The molecule has 6 heteroatoms. The summed E-state index contributed by atoms with van der Waals surface area (Å²) in [6, 6.07) is 12.1. The van der Waals surface area contributed by atoms with E-state index in [9.17, 15) is 9.18 Å². The van der Waals surface area contributed by atoms with E-state index in [1.807, 2.05) is 25.1 Å². The highest BCUT2D eigenvalue weighted by molar-refractivity contribution is 7.99. The maximum Gasteiger partial charge on any atom is 0.234 e. The molecule has 0 fully saturated rings. The minimum Gasteiger partial charge on any atom is -0.494 e. The number of methoxy groups -OCH3 is 1. The summed E-state index contributed by atoms with van der Waals surface area (Å²) in [5.74, 6) is 1.16. The summed E-state index contributed by atoms with van der Waals surface area (Å²) in [7, 11) is 1.43. The number of rotatable bonds is 8. The number of hydrogen-bond acceptors (Lipinski definition) is 4. The Morgan fingerprint density at radius 2 is 2.00 bits per heavy atom. The number of halogens is 1. The first-order valence-corrected chi connectivity index (χ1v) is 8.71. The Balaban J connectivity index is 1.84. The minimum atomic E-state index is -0.398. The predicted octanol–water partition coefficient (Wildman–Crippen LogP) is 4.10. The average Bonchev–Trinajstić information content (AvgIpc) is 2.57. The molecule has 1 amide bonds.